The second-order valence-electron chi connectivity index (χ2n) is 5.43. The van der Waals surface area contributed by atoms with Crippen LogP contribution in [0.2, 0.25) is 0 Å². The van der Waals surface area contributed by atoms with E-state index in [2.05, 4.69) is 40.9 Å². The molecule has 0 N–H and O–H groups in total. The fourth-order valence-electron chi connectivity index (χ4n) is 2.87. The van der Waals surface area contributed by atoms with E-state index in [0.29, 0.717) is 6.04 Å². The lowest BCUT2D eigenvalue weighted by atomic mass is 9.93. The fourth-order valence-corrected chi connectivity index (χ4v) is 2.87. The summed E-state index contributed by atoms with van der Waals surface area (Å²) in [5.74, 6) is 1.05. The third-order valence-corrected chi connectivity index (χ3v) is 3.97. The zero-order valence-corrected chi connectivity index (χ0v) is 12.1. The van der Waals surface area contributed by atoms with Crippen molar-refractivity contribution in [3.63, 3.8) is 0 Å². The minimum atomic E-state index is 0.576. The van der Waals surface area contributed by atoms with Gasteiger partial charge in [0.15, 0.2) is 0 Å². The standard InChI is InChI=1S/C15H25N3/c1-5-18-9-7-6-8-14(18)13-11-16-15(17(3)4)10-12(13)2/h10-11,14H,5-9H2,1-4H3/t14-/m0/s1. The lowest BCUT2D eigenvalue weighted by molar-refractivity contribution is 0.156. The van der Waals surface area contributed by atoms with Crippen molar-refractivity contribution in [1.82, 2.24) is 9.88 Å². The van der Waals surface area contributed by atoms with E-state index in [1.807, 2.05) is 14.1 Å². The van der Waals surface area contributed by atoms with Crippen LogP contribution in [0.25, 0.3) is 0 Å². The predicted molar refractivity (Wildman–Crippen MR) is 77.1 cm³/mol. The average molecular weight is 247 g/mol. The number of hydrogen-bond acceptors (Lipinski definition) is 3. The van der Waals surface area contributed by atoms with Crippen LogP contribution in [0.15, 0.2) is 12.3 Å². The highest BCUT2D eigenvalue weighted by Crippen LogP contribution is 2.32. The normalized spacial score (nSPS) is 21.0. The molecule has 2 heterocycles. The van der Waals surface area contributed by atoms with Crippen LogP contribution < -0.4 is 4.90 Å². The third kappa shape index (κ3) is 2.66. The first-order valence-electron chi connectivity index (χ1n) is 7.01. The van der Waals surface area contributed by atoms with Crippen molar-refractivity contribution in [2.75, 3.05) is 32.1 Å². The van der Waals surface area contributed by atoms with Crippen LogP contribution in [0.1, 0.15) is 43.4 Å². The number of aromatic nitrogens is 1. The molecule has 0 saturated carbocycles. The molecule has 0 aromatic carbocycles. The van der Waals surface area contributed by atoms with Crippen molar-refractivity contribution in [3.05, 3.63) is 23.4 Å². The molecule has 0 aliphatic carbocycles. The molecule has 3 heteroatoms. The summed E-state index contributed by atoms with van der Waals surface area (Å²) in [5.41, 5.74) is 2.79. The molecule has 1 atom stereocenters. The molecule has 0 bridgehead atoms. The molecule has 0 amide bonds. The van der Waals surface area contributed by atoms with Crippen LogP contribution in [0, 0.1) is 6.92 Å². The molecule has 1 aliphatic heterocycles. The molecule has 1 aromatic heterocycles. The molecular weight excluding hydrogens is 222 g/mol. The van der Waals surface area contributed by atoms with Gasteiger partial charge in [0, 0.05) is 26.3 Å². The Morgan fingerprint density at radius 1 is 1.39 bits per heavy atom. The Morgan fingerprint density at radius 3 is 2.78 bits per heavy atom. The lowest BCUT2D eigenvalue weighted by Gasteiger charge is -2.35. The number of anilines is 1. The van der Waals surface area contributed by atoms with Gasteiger partial charge in [0.05, 0.1) is 0 Å². The maximum atomic E-state index is 4.58. The number of piperidine rings is 1. The van der Waals surface area contributed by atoms with Gasteiger partial charge in [-0.2, -0.15) is 0 Å². The highest BCUT2D eigenvalue weighted by atomic mass is 15.2. The zero-order valence-electron chi connectivity index (χ0n) is 12.1. The molecular formula is C15H25N3. The van der Waals surface area contributed by atoms with Gasteiger partial charge in [-0.25, -0.2) is 4.98 Å². The summed E-state index contributed by atoms with van der Waals surface area (Å²) in [4.78, 5) is 9.23. The molecule has 0 spiro atoms. The number of pyridine rings is 1. The summed E-state index contributed by atoms with van der Waals surface area (Å²) in [6.07, 6.45) is 6.05. The molecule has 1 saturated heterocycles. The smallest absolute Gasteiger partial charge is 0.128 e. The van der Waals surface area contributed by atoms with Crippen LogP contribution in [0.4, 0.5) is 5.82 Å². The zero-order chi connectivity index (χ0) is 13.1. The topological polar surface area (TPSA) is 19.4 Å². The van der Waals surface area contributed by atoms with Gasteiger partial charge in [-0.05, 0) is 50.0 Å². The van der Waals surface area contributed by atoms with Crippen LogP contribution in [0.5, 0.6) is 0 Å². The van der Waals surface area contributed by atoms with Gasteiger partial charge >= 0.3 is 0 Å². The lowest BCUT2D eigenvalue weighted by Crippen LogP contribution is -2.33. The minimum Gasteiger partial charge on any atom is -0.363 e. The van der Waals surface area contributed by atoms with Crippen LogP contribution >= 0.6 is 0 Å². The first kappa shape index (κ1) is 13.3. The Labute approximate surface area is 111 Å². The third-order valence-electron chi connectivity index (χ3n) is 3.97. The highest BCUT2D eigenvalue weighted by Gasteiger charge is 2.24. The van der Waals surface area contributed by atoms with Crippen molar-refractivity contribution in [3.8, 4) is 0 Å². The Kier molecular flexibility index (Phi) is 4.23. The SMILES string of the molecule is CCN1CCCC[C@H]1c1cnc(N(C)C)cc1C. The molecule has 0 radical (unpaired) electrons. The van der Waals surface area contributed by atoms with E-state index in [4.69, 9.17) is 0 Å². The van der Waals surface area contributed by atoms with Crippen molar-refractivity contribution >= 4 is 5.82 Å². The largest absolute Gasteiger partial charge is 0.363 e. The number of nitrogens with zero attached hydrogens (tertiary/aromatic N) is 3. The summed E-state index contributed by atoms with van der Waals surface area (Å²) in [6, 6.07) is 2.78. The molecule has 3 nitrogen and oxygen atoms in total. The summed E-state index contributed by atoms with van der Waals surface area (Å²) in [6.45, 7) is 6.84. The molecule has 1 fully saturated rings. The van der Waals surface area contributed by atoms with E-state index < -0.39 is 0 Å². The van der Waals surface area contributed by atoms with Crippen LogP contribution in [-0.2, 0) is 0 Å². The first-order chi connectivity index (χ1) is 8.63. The van der Waals surface area contributed by atoms with E-state index >= 15 is 0 Å². The Hall–Kier alpha value is -1.09. The van der Waals surface area contributed by atoms with Gasteiger partial charge in [-0.1, -0.05) is 13.3 Å². The Balaban J connectivity index is 2.26. The van der Waals surface area contributed by atoms with E-state index in [1.165, 1.54) is 36.9 Å². The molecule has 1 aromatic rings. The van der Waals surface area contributed by atoms with Crippen molar-refractivity contribution < 1.29 is 0 Å². The monoisotopic (exact) mass is 247 g/mol. The van der Waals surface area contributed by atoms with Crippen molar-refractivity contribution in [2.45, 2.75) is 39.2 Å². The maximum Gasteiger partial charge on any atom is 0.128 e. The average Bonchev–Trinajstić information content (AvgIpc) is 2.38. The molecule has 100 valence electrons. The quantitative estimate of drug-likeness (QED) is 0.818. The summed E-state index contributed by atoms with van der Waals surface area (Å²) in [7, 11) is 4.08. The van der Waals surface area contributed by atoms with E-state index in [9.17, 15) is 0 Å². The summed E-state index contributed by atoms with van der Waals surface area (Å²) in [5, 5.41) is 0. The van der Waals surface area contributed by atoms with Crippen molar-refractivity contribution in [2.24, 2.45) is 0 Å². The van der Waals surface area contributed by atoms with Gasteiger partial charge < -0.3 is 4.90 Å². The Morgan fingerprint density at radius 2 is 2.17 bits per heavy atom. The predicted octanol–water partition coefficient (Wildman–Crippen LogP) is 3.00. The summed E-state index contributed by atoms with van der Waals surface area (Å²) >= 11 is 0. The van der Waals surface area contributed by atoms with E-state index in [-0.39, 0.29) is 0 Å². The molecule has 1 aliphatic rings. The fraction of sp³-hybridized carbons (Fsp3) is 0.667. The second kappa shape index (κ2) is 5.70. The van der Waals surface area contributed by atoms with Gasteiger partial charge in [0.1, 0.15) is 5.82 Å². The van der Waals surface area contributed by atoms with Crippen molar-refractivity contribution in [1.29, 1.82) is 0 Å². The van der Waals surface area contributed by atoms with Gasteiger partial charge in [0.25, 0.3) is 0 Å². The number of aryl methyl sites for hydroxylation is 1. The highest BCUT2D eigenvalue weighted by molar-refractivity contribution is 5.42. The van der Waals surface area contributed by atoms with Crippen LogP contribution in [0.3, 0.4) is 0 Å². The number of hydrogen-bond donors (Lipinski definition) is 0. The number of rotatable bonds is 3. The Bertz CT molecular complexity index is 401. The van der Waals surface area contributed by atoms with Gasteiger partial charge in [-0.3, -0.25) is 4.90 Å². The molecule has 2 rings (SSSR count). The maximum absolute atomic E-state index is 4.58. The molecule has 0 unspecified atom stereocenters. The summed E-state index contributed by atoms with van der Waals surface area (Å²) < 4.78 is 0. The van der Waals surface area contributed by atoms with Crippen LogP contribution in [-0.4, -0.2) is 37.1 Å². The first-order valence-corrected chi connectivity index (χ1v) is 7.01. The van der Waals surface area contributed by atoms with Gasteiger partial charge in [0.2, 0.25) is 0 Å². The van der Waals surface area contributed by atoms with E-state index in [0.717, 1.165) is 12.4 Å². The number of likely N-dealkylation sites (tertiary alicyclic amines) is 1. The molecule has 18 heavy (non-hydrogen) atoms. The van der Waals surface area contributed by atoms with Gasteiger partial charge in [-0.15, -0.1) is 0 Å². The minimum absolute atomic E-state index is 0.576. The van der Waals surface area contributed by atoms with E-state index in [1.54, 1.807) is 0 Å². The second-order valence-corrected chi connectivity index (χ2v) is 5.43.